The molecule has 0 radical (unpaired) electrons. The standard InChI is InChI=1S/C19H15FN2O4S/c1-26-16-7-9-17(10-8-16)27(24,25)18-11-2-13(12-21-18)19(23)22-15-5-3-14(20)4-6-15/h2-12H,1H3,(H,22,23). The Kier molecular flexibility index (Phi) is 5.18. The van der Waals surface area contributed by atoms with Gasteiger partial charge in [0.15, 0.2) is 5.03 Å². The molecule has 8 heteroatoms. The van der Waals surface area contributed by atoms with Gasteiger partial charge in [-0.15, -0.1) is 0 Å². The van der Waals surface area contributed by atoms with Crippen molar-refractivity contribution in [2.45, 2.75) is 9.92 Å². The van der Waals surface area contributed by atoms with Crippen molar-refractivity contribution in [1.82, 2.24) is 4.98 Å². The number of benzene rings is 2. The summed E-state index contributed by atoms with van der Waals surface area (Å²) < 4.78 is 43.1. The molecule has 138 valence electrons. The number of aromatic nitrogens is 1. The first-order chi connectivity index (χ1) is 12.9. The van der Waals surface area contributed by atoms with Crippen molar-refractivity contribution >= 4 is 21.4 Å². The molecule has 0 atom stereocenters. The van der Waals surface area contributed by atoms with Gasteiger partial charge >= 0.3 is 0 Å². The Hall–Kier alpha value is -3.26. The SMILES string of the molecule is COc1ccc(S(=O)(=O)c2ccc(C(=O)Nc3ccc(F)cc3)cn2)cc1. The van der Waals surface area contributed by atoms with E-state index in [1.165, 1.54) is 74.0 Å². The summed E-state index contributed by atoms with van der Waals surface area (Å²) in [5.41, 5.74) is 0.587. The largest absolute Gasteiger partial charge is 0.497 e. The van der Waals surface area contributed by atoms with E-state index in [9.17, 15) is 17.6 Å². The molecule has 3 aromatic rings. The summed E-state index contributed by atoms with van der Waals surface area (Å²) in [6.45, 7) is 0. The molecule has 27 heavy (non-hydrogen) atoms. The zero-order chi connectivity index (χ0) is 19.4. The summed E-state index contributed by atoms with van der Waals surface area (Å²) in [6.07, 6.45) is 1.18. The highest BCUT2D eigenvalue weighted by Crippen LogP contribution is 2.22. The number of methoxy groups -OCH3 is 1. The number of pyridine rings is 1. The predicted octanol–water partition coefficient (Wildman–Crippen LogP) is 3.31. The van der Waals surface area contributed by atoms with Crippen LogP contribution in [0.3, 0.4) is 0 Å². The summed E-state index contributed by atoms with van der Waals surface area (Å²) >= 11 is 0. The number of hydrogen-bond acceptors (Lipinski definition) is 5. The van der Waals surface area contributed by atoms with Gasteiger partial charge in [-0.3, -0.25) is 4.79 Å². The van der Waals surface area contributed by atoms with Crippen molar-refractivity contribution in [3.8, 4) is 5.75 Å². The maximum atomic E-state index is 12.9. The first-order valence-electron chi connectivity index (χ1n) is 7.82. The van der Waals surface area contributed by atoms with E-state index in [4.69, 9.17) is 4.74 Å². The summed E-state index contributed by atoms with van der Waals surface area (Å²) in [4.78, 5) is 16.2. The van der Waals surface area contributed by atoms with Crippen LogP contribution in [-0.2, 0) is 9.84 Å². The quantitative estimate of drug-likeness (QED) is 0.727. The molecule has 0 aliphatic rings. The molecular weight excluding hydrogens is 371 g/mol. The van der Waals surface area contributed by atoms with E-state index in [0.29, 0.717) is 11.4 Å². The fourth-order valence-electron chi connectivity index (χ4n) is 2.29. The van der Waals surface area contributed by atoms with E-state index >= 15 is 0 Å². The molecule has 0 unspecified atom stereocenters. The monoisotopic (exact) mass is 386 g/mol. The third-order valence-corrected chi connectivity index (χ3v) is 5.43. The molecule has 1 heterocycles. The second-order valence-electron chi connectivity index (χ2n) is 5.53. The molecule has 2 aromatic carbocycles. The lowest BCUT2D eigenvalue weighted by Crippen LogP contribution is -2.13. The molecule has 0 bridgehead atoms. The number of nitrogens with one attached hydrogen (secondary N) is 1. The highest BCUT2D eigenvalue weighted by molar-refractivity contribution is 7.91. The van der Waals surface area contributed by atoms with Crippen molar-refractivity contribution in [1.29, 1.82) is 0 Å². The molecule has 0 saturated carbocycles. The Bertz CT molecular complexity index is 1050. The highest BCUT2D eigenvalue weighted by Gasteiger charge is 2.20. The first kappa shape index (κ1) is 18.5. The van der Waals surface area contributed by atoms with Crippen molar-refractivity contribution in [3.63, 3.8) is 0 Å². The molecule has 0 saturated heterocycles. The van der Waals surface area contributed by atoms with Crippen molar-refractivity contribution < 1.29 is 22.3 Å². The number of anilines is 1. The minimum Gasteiger partial charge on any atom is -0.497 e. The van der Waals surface area contributed by atoms with Crippen LogP contribution >= 0.6 is 0 Å². The zero-order valence-electron chi connectivity index (χ0n) is 14.2. The fraction of sp³-hybridized carbons (Fsp3) is 0.0526. The molecule has 1 amide bonds. The Morgan fingerprint density at radius 2 is 1.67 bits per heavy atom. The van der Waals surface area contributed by atoms with Gasteiger partial charge in [0, 0.05) is 11.9 Å². The van der Waals surface area contributed by atoms with Crippen LogP contribution in [0, 0.1) is 5.82 Å². The highest BCUT2D eigenvalue weighted by atomic mass is 32.2. The maximum Gasteiger partial charge on any atom is 0.257 e. The number of amides is 1. The van der Waals surface area contributed by atoms with Gasteiger partial charge in [0.05, 0.1) is 17.6 Å². The van der Waals surface area contributed by atoms with E-state index in [0.717, 1.165) is 0 Å². The van der Waals surface area contributed by atoms with Gasteiger partial charge in [-0.2, -0.15) is 0 Å². The lowest BCUT2D eigenvalue weighted by molar-refractivity contribution is 0.102. The lowest BCUT2D eigenvalue weighted by Gasteiger charge is -2.07. The number of halogens is 1. The minimum atomic E-state index is -3.81. The van der Waals surface area contributed by atoms with Crippen LogP contribution < -0.4 is 10.1 Å². The van der Waals surface area contributed by atoms with E-state index in [-0.39, 0.29) is 15.5 Å². The molecule has 0 aliphatic carbocycles. The number of ether oxygens (including phenoxy) is 1. The predicted molar refractivity (Wildman–Crippen MR) is 97.0 cm³/mol. The topological polar surface area (TPSA) is 85.4 Å². The van der Waals surface area contributed by atoms with Crippen molar-refractivity contribution in [3.05, 3.63) is 78.2 Å². The molecule has 0 spiro atoms. The normalized spacial score (nSPS) is 11.0. The van der Waals surface area contributed by atoms with Gasteiger partial charge in [-0.1, -0.05) is 0 Å². The molecule has 1 aromatic heterocycles. The molecule has 0 fully saturated rings. The van der Waals surface area contributed by atoms with Crippen molar-refractivity contribution in [2.75, 3.05) is 12.4 Å². The molecule has 6 nitrogen and oxygen atoms in total. The Morgan fingerprint density at radius 3 is 2.22 bits per heavy atom. The second-order valence-corrected chi connectivity index (χ2v) is 7.42. The first-order valence-corrected chi connectivity index (χ1v) is 9.30. The van der Waals surface area contributed by atoms with Crippen LogP contribution in [0.25, 0.3) is 0 Å². The number of carbonyl (C=O) groups excluding carboxylic acids is 1. The number of carbonyl (C=O) groups is 1. The Morgan fingerprint density at radius 1 is 1.00 bits per heavy atom. The maximum absolute atomic E-state index is 12.9. The summed E-state index contributed by atoms with van der Waals surface area (Å²) in [6, 6.07) is 13.8. The number of nitrogens with zero attached hydrogens (tertiary/aromatic N) is 1. The number of rotatable bonds is 5. The van der Waals surface area contributed by atoms with Gasteiger partial charge in [0.2, 0.25) is 9.84 Å². The van der Waals surface area contributed by atoms with E-state index in [2.05, 4.69) is 10.3 Å². The molecule has 1 N–H and O–H groups in total. The van der Waals surface area contributed by atoms with Gasteiger partial charge in [-0.25, -0.2) is 17.8 Å². The third-order valence-electron chi connectivity index (χ3n) is 3.75. The Labute approximate surface area is 155 Å². The molecule has 3 rings (SSSR count). The average Bonchev–Trinajstić information content (AvgIpc) is 2.70. The van der Waals surface area contributed by atoms with E-state index < -0.39 is 21.6 Å². The zero-order valence-corrected chi connectivity index (χ0v) is 15.0. The molecular formula is C19H15FN2O4S. The average molecular weight is 386 g/mol. The van der Waals surface area contributed by atoms with Gasteiger partial charge in [0.1, 0.15) is 11.6 Å². The van der Waals surface area contributed by atoms with Crippen LogP contribution in [0.4, 0.5) is 10.1 Å². The second kappa shape index (κ2) is 7.55. The number of sulfone groups is 1. The van der Waals surface area contributed by atoms with Gasteiger partial charge < -0.3 is 10.1 Å². The summed E-state index contributed by atoms with van der Waals surface area (Å²) in [7, 11) is -2.32. The summed E-state index contributed by atoms with van der Waals surface area (Å²) in [5.74, 6) is -0.361. The third kappa shape index (κ3) is 4.12. The minimum absolute atomic E-state index is 0.0688. The van der Waals surface area contributed by atoms with E-state index in [1.807, 2.05) is 0 Å². The number of hydrogen-bond donors (Lipinski definition) is 1. The molecule has 0 aliphatic heterocycles. The fourth-order valence-corrected chi connectivity index (χ4v) is 3.46. The smallest absolute Gasteiger partial charge is 0.257 e. The summed E-state index contributed by atoms with van der Waals surface area (Å²) in [5, 5.41) is 2.40. The lowest BCUT2D eigenvalue weighted by atomic mass is 10.2. The van der Waals surface area contributed by atoms with Crippen LogP contribution in [0.5, 0.6) is 5.75 Å². The van der Waals surface area contributed by atoms with E-state index in [1.54, 1.807) is 0 Å². The van der Waals surface area contributed by atoms with Crippen molar-refractivity contribution in [2.24, 2.45) is 0 Å². The van der Waals surface area contributed by atoms with Crippen LogP contribution in [0.1, 0.15) is 10.4 Å². The van der Waals surface area contributed by atoms with Gasteiger partial charge in [-0.05, 0) is 60.7 Å². The van der Waals surface area contributed by atoms with Crippen LogP contribution in [0.15, 0.2) is 76.8 Å². The van der Waals surface area contributed by atoms with Crippen LogP contribution in [0.2, 0.25) is 0 Å². The van der Waals surface area contributed by atoms with Crippen LogP contribution in [-0.4, -0.2) is 26.4 Å². The Balaban J connectivity index is 1.79. The van der Waals surface area contributed by atoms with Gasteiger partial charge in [0.25, 0.3) is 5.91 Å².